The van der Waals surface area contributed by atoms with Gasteiger partial charge in [-0.25, -0.2) is 4.98 Å². The summed E-state index contributed by atoms with van der Waals surface area (Å²) in [7, 11) is 1.98. The van der Waals surface area contributed by atoms with Crippen molar-refractivity contribution < 1.29 is 0 Å². The summed E-state index contributed by atoms with van der Waals surface area (Å²) in [6.07, 6.45) is 0. The van der Waals surface area contributed by atoms with Gasteiger partial charge in [-0.3, -0.25) is 0 Å². The molecule has 0 saturated carbocycles. The topological polar surface area (TPSA) is 39.9 Å². The number of anilines is 1. The van der Waals surface area contributed by atoms with Crippen LogP contribution < -0.4 is 4.90 Å². The van der Waals surface area contributed by atoms with Gasteiger partial charge in [0, 0.05) is 27.5 Å². The lowest BCUT2D eigenvalue weighted by molar-refractivity contribution is 0.905. The summed E-state index contributed by atoms with van der Waals surface area (Å²) in [5.74, 6) is 0.830. The first-order valence-electron chi connectivity index (χ1n) is 5.41. The molecule has 0 aliphatic carbocycles. The summed E-state index contributed by atoms with van der Waals surface area (Å²) in [5, 5.41) is 11.0. The number of aromatic nitrogens is 1. The van der Waals surface area contributed by atoms with Crippen molar-refractivity contribution in [1.82, 2.24) is 4.98 Å². The van der Waals surface area contributed by atoms with Gasteiger partial charge >= 0.3 is 0 Å². The lowest BCUT2D eigenvalue weighted by atomic mass is 10.2. The SMILES string of the molecule is Cc1cc(C#N)cc(N(C)Cc2cc(Br)cs2)n1. The number of hydrogen-bond donors (Lipinski definition) is 0. The summed E-state index contributed by atoms with van der Waals surface area (Å²) >= 11 is 5.15. The molecule has 0 saturated heterocycles. The predicted octanol–water partition coefficient (Wildman–Crippen LogP) is 3.72. The van der Waals surface area contributed by atoms with Crippen LogP contribution in [0.3, 0.4) is 0 Å². The Bertz CT molecular complexity index is 601. The third-order valence-electron chi connectivity index (χ3n) is 2.47. The molecule has 2 aromatic rings. The van der Waals surface area contributed by atoms with E-state index in [0.717, 1.165) is 22.5 Å². The third kappa shape index (κ3) is 3.09. The summed E-state index contributed by atoms with van der Waals surface area (Å²) in [6, 6.07) is 7.86. The van der Waals surface area contributed by atoms with E-state index in [1.54, 1.807) is 17.4 Å². The van der Waals surface area contributed by atoms with E-state index in [1.165, 1.54) is 4.88 Å². The van der Waals surface area contributed by atoms with Crippen molar-refractivity contribution in [2.45, 2.75) is 13.5 Å². The number of nitrogens with zero attached hydrogens (tertiary/aromatic N) is 3. The molecule has 0 aliphatic heterocycles. The van der Waals surface area contributed by atoms with Crippen LogP contribution in [0, 0.1) is 18.3 Å². The zero-order valence-electron chi connectivity index (χ0n) is 10.1. The molecule has 18 heavy (non-hydrogen) atoms. The zero-order valence-corrected chi connectivity index (χ0v) is 12.5. The van der Waals surface area contributed by atoms with Crippen LogP contribution in [0.5, 0.6) is 0 Å². The maximum Gasteiger partial charge on any atom is 0.130 e. The fourth-order valence-electron chi connectivity index (χ4n) is 1.66. The maximum atomic E-state index is 8.96. The Morgan fingerprint density at radius 2 is 2.22 bits per heavy atom. The minimum absolute atomic E-state index is 0.650. The summed E-state index contributed by atoms with van der Waals surface area (Å²) < 4.78 is 1.10. The minimum Gasteiger partial charge on any atom is -0.354 e. The number of aryl methyl sites for hydroxylation is 1. The highest BCUT2D eigenvalue weighted by atomic mass is 79.9. The van der Waals surface area contributed by atoms with Crippen molar-refractivity contribution in [3.05, 3.63) is 44.2 Å². The second kappa shape index (κ2) is 5.51. The third-order valence-corrected chi connectivity index (χ3v) is 4.16. The molecule has 2 aromatic heterocycles. The van der Waals surface area contributed by atoms with E-state index in [2.05, 4.69) is 38.4 Å². The zero-order chi connectivity index (χ0) is 13.1. The second-order valence-electron chi connectivity index (χ2n) is 4.05. The average Bonchev–Trinajstić information content (AvgIpc) is 2.73. The molecule has 0 N–H and O–H groups in total. The van der Waals surface area contributed by atoms with Gasteiger partial charge in [0.2, 0.25) is 0 Å². The summed E-state index contributed by atoms with van der Waals surface area (Å²) in [5.41, 5.74) is 1.51. The van der Waals surface area contributed by atoms with Crippen molar-refractivity contribution in [2.24, 2.45) is 0 Å². The summed E-state index contributed by atoms with van der Waals surface area (Å²) in [6.45, 7) is 2.69. The molecule has 0 aromatic carbocycles. The quantitative estimate of drug-likeness (QED) is 0.864. The number of pyridine rings is 1. The fraction of sp³-hybridized carbons (Fsp3) is 0.231. The van der Waals surface area contributed by atoms with Crippen LogP contribution in [0.4, 0.5) is 5.82 Å². The number of thiophene rings is 1. The van der Waals surface area contributed by atoms with Crippen molar-refractivity contribution in [3.63, 3.8) is 0 Å². The van der Waals surface area contributed by atoms with Crippen molar-refractivity contribution >= 4 is 33.1 Å². The number of nitriles is 1. The Morgan fingerprint density at radius 3 is 2.83 bits per heavy atom. The number of rotatable bonds is 3. The van der Waals surface area contributed by atoms with Gasteiger partial charge in [0.05, 0.1) is 18.2 Å². The highest BCUT2D eigenvalue weighted by molar-refractivity contribution is 9.10. The number of hydrogen-bond acceptors (Lipinski definition) is 4. The first-order valence-corrected chi connectivity index (χ1v) is 7.08. The Hall–Kier alpha value is -1.38. The standard InChI is InChI=1S/C13H12BrN3S/c1-9-3-10(6-15)4-13(16-9)17(2)7-12-5-11(14)8-18-12/h3-5,8H,7H2,1-2H3. The fourth-order valence-corrected chi connectivity index (χ4v) is 3.17. The van der Waals surface area contributed by atoms with E-state index < -0.39 is 0 Å². The predicted molar refractivity (Wildman–Crippen MR) is 77.8 cm³/mol. The van der Waals surface area contributed by atoms with Crippen molar-refractivity contribution in [2.75, 3.05) is 11.9 Å². The molecule has 0 unspecified atom stereocenters. The highest BCUT2D eigenvalue weighted by Crippen LogP contribution is 2.23. The van der Waals surface area contributed by atoms with Gasteiger partial charge in [-0.1, -0.05) is 0 Å². The van der Waals surface area contributed by atoms with Gasteiger partial charge in [0.25, 0.3) is 0 Å². The van der Waals surface area contributed by atoms with Gasteiger partial charge in [0.15, 0.2) is 0 Å². The Kier molecular flexibility index (Phi) is 4.00. The summed E-state index contributed by atoms with van der Waals surface area (Å²) in [4.78, 5) is 7.76. The van der Waals surface area contributed by atoms with Crippen molar-refractivity contribution in [3.8, 4) is 6.07 Å². The van der Waals surface area contributed by atoms with E-state index in [9.17, 15) is 0 Å². The van der Waals surface area contributed by atoms with E-state index in [0.29, 0.717) is 5.56 Å². The minimum atomic E-state index is 0.650. The molecule has 0 radical (unpaired) electrons. The van der Waals surface area contributed by atoms with Crippen LogP contribution in [0.1, 0.15) is 16.1 Å². The molecule has 0 bridgehead atoms. The van der Waals surface area contributed by atoms with Crippen LogP contribution in [-0.2, 0) is 6.54 Å². The molecule has 92 valence electrons. The molecule has 2 heterocycles. The molecular weight excluding hydrogens is 310 g/mol. The molecule has 3 nitrogen and oxygen atoms in total. The monoisotopic (exact) mass is 321 g/mol. The van der Waals surface area contributed by atoms with Gasteiger partial charge in [-0.05, 0) is 41.1 Å². The Balaban J connectivity index is 2.21. The van der Waals surface area contributed by atoms with Crippen LogP contribution in [0.25, 0.3) is 0 Å². The molecule has 2 rings (SSSR count). The van der Waals surface area contributed by atoms with Gasteiger partial charge in [-0.2, -0.15) is 5.26 Å². The van der Waals surface area contributed by atoms with E-state index in [4.69, 9.17) is 5.26 Å². The normalized spacial score (nSPS) is 10.1. The van der Waals surface area contributed by atoms with Gasteiger partial charge < -0.3 is 4.90 Å². The molecule has 0 amide bonds. The Morgan fingerprint density at radius 1 is 1.44 bits per heavy atom. The van der Waals surface area contributed by atoms with E-state index in [-0.39, 0.29) is 0 Å². The molecule has 0 atom stereocenters. The lowest BCUT2D eigenvalue weighted by Gasteiger charge is -2.17. The van der Waals surface area contributed by atoms with Crippen LogP contribution >= 0.6 is 27.3 Å². The van der Waals surface area contributed by atoms with Crippen molar-refractivity contribution in [1.29, 1.82) is 5.26 Å². The number of halogens is 1. The molecule has 5 heteroatoms. The smallest absolute Gasteiger partial charge is 0.130 e. The maximum absolute atomic E-state index is 8.96. The molecule has 0 spiro atoms. The lowest BCUT2D eigenvalue weighted by Crippen LogP contribution is -2.17. The van der Waals surface area contributed by atoms with E-state index in [1.807, 2.05) is 24.9 Å². The highest BCUT2D eigenvalue weighted by Gasteiger charge is 2.07. The second-order valence-corrected chi connectivity index (χ2v) is 5.97. The van der Waals surface area contributed by atoms with Crippen LogP contribution in [-0.4, -0.2) is 12.0 Å². The molecule has 0 aliphatic rings. The first-order chi connectivity index (χ1) is 8.58. The molecule has 0 fully saturated rings. The van der Waals surface area contributed by atoms with Crippen LogP contribution in [0.15, 0.2) is 28.1 Å². The van der Waals surface area contributed by atoms with E-state index >= 15 is 0 Å². The molecular formula is C13H12BrN3S. The first kappa shape index (κ1) is 13.1. The van der Waals surface area contributed by atoms with Gasteiger partial charge in [0.1, 0.15) is 5.82 Å². The Labute approximate surface area is 119 Å². The van der Waals surface area contributed by atoms with Crippen LogP contribution in [0.2, 0.25) is 0 Å². The average molecular weight is 322 g/mol. The largest absolute Gasteiger partial charge is 0.354 e. The van der Waals surface area contributed by atoms with Gasteiger partial charge in [-0.15, -0.1) is 11.3 Å².